The maximum absolute atomic E-state index is 12.3. The first-order valence-electron chi connectivity index (χ1n) is 8.88. The van der Waals surface area contributed by atoms with E-state index in [-0.39, 0.29) is 30.1 Å². The molecule has 0 spiro atoms. The summed E-state index contributed by atoms with van der Waals surface area (Å²) >= 11 is 0. The van der Waals surface area contributed by atoms with Gasteiger partial charge >= 0.3 is 13.1 Å². The minimum Gasteiger partial charge on any atom is -0.480 e. The zero-order valence-corrected chi connectivity index (χ0v) is 15.4. The summed E-state index contributed by atoms with van der Waals surface area (Å²) in [6.45, 7) is 6.15. The fourth-order valence-corrected chi connectivity index (χ4v) is 3.10. The molecule has 7 N–H and O–H groups in total. The van der Waals surface area contributed by atoms with Crippen molar-refractivity contribution in [2.45, 2.75) is 76.8 Å². The van der Waals surface area contributed by atoms with Gasteiger partial charge in [0.15, 0.2) is 0 Å². The first-order chi connectivity index (χ1) is 11.5. The van der Waals surface area contributed by atoms with Gasteiger partial charge in [-0.3, -0.25) is 9.59 Å². The Bertz CT molecular complexity index is 469. The van der Waals surface area contributed by atoms with Crippen LogP contribution in [-0.2, 0) is 9.59 Å². The maximum atomic E-state index is 12.3. The van der Waals surface area contributed by atoms with E-state index in [0.717, 1.165) is 0 Å². The lowest BCUT2D eigenvalue weighted by molar-refractivity contribution is -0.147. The van der Waals surface area contributed by atoms with Gasteiger partial charge in [0.1, 0.15) is 5.54 Å². The second kappa shape index (κ2) is 8.98. The number of aliphatic carboxylic acids is 1. The van der Waals surface area contributed by atoms with Crippen molar-refractivity contribution in [2.24, 2.45) is 11.1 Å². The molecular weight excluding hydrogens is 325 g/mol. The molecule has 1 rings (SSSR count). The third-order valence-electron chi connectivity index (χ3n) is 4.84. The van der Waals surface area contributed by atoms with Crippen LogP contribution in [0, 0.1) is 5.41 Å². The first kappa shape index (κ1) is 21.9. The Labute approximate surface area is 149 Å². The van der Waals surface area contributed by atoms with Crippen LogP contribution in [0.25, 0.3) is 0 Å². The summed E-state index contributed by atoms with van der Waals surface area (Å²) in [5.74, 6) is -1.21. The van der Waals surface area contributed by atoms with Crippen molar-refractivity contribution in [3.63, 3.8) is 0 Å². The number of rotatable bonds is 8. The van der Waals surface area contributed by atoms with E-state index in [0.29, 0.717) is 32.2 Å². The van der Waals surface area contributed by atoms with E-state index in [2.05, 4.69) is 10.6 Å². The van der Waals surface area contributed by atoms with E-state index in [1.165, 1.54) is 0 Å². The number of carbonyl (C=O) groups excluding carboxylic acids is 1. The van der Waals surface area contributed by atoms with E-state index in [4.69, 9.17) is 15.8 Å². The highest BCUT2D eigenvalue weighted by Crippen LogP contribution is 2.27. The van der Waals surface area contributed by atoms with Crippen molar-refractivity contribution in [3.8, 4) is 0 Å². The highest BCUT2D eigenvalue weighted by molar-refractivity contribution is 6.40. The van der Waals surface area contributed by atoms with E-state index in [1.807, 2.05) is 20.8 Å². The molecule has 1 amide bonds. The zero-order valence-electron chi connectivity index (χ0n) is 15.4. The van der Waals surface area contributed by atoms with Gasteiger partial charge in [0.2, 0.25) is 5.91 Å². The summed E-state index contributed by atoms with van der Waals surface area (Å²) in [5, 5.41) is 33.4. The van der Waals surface area contributed by atoms with Crippen molar-refractivity contribution < 1.29 is 24.7 Å². The lowest BCUT2D eigenvalue weighted by Crippen LogP contribution is -2.62. The highest BCUT2D eigenvalue weighted by atomic mass is 16.4. The topological polar surface area (TPSA) is 145 Å². The summed E-state index contributed by atoms with van der Waals surface area (Å²) in [5.41, 5.74) is 4.50. The van der Waals surface area contributed by atoms with Crippen molar-refractivity contribution in [2.75, 3.05) is 6.54 Å². The largest absolute Gasteiger partial charge is 0.480 e. The van der Waals surface area contributed by atoms with Crippen LogP contribution >= 0.6 is 0 Å². The zero-order chi connectivity index (χ0) is 19.3. The van der Waals surface area contributed by atoms with Crippen LogP contribution in [0.15, 0.2) is 0 Å². The molecular formula is C16H32BN3O5. The molecule has 0 radical (unpaired) electrons. The third-order valence-corrected chi connectivity index (χ3v) is 4.84. The van der Waals surface area contributed by atoms with Crippen LogP contribution in [0.4, 0.5) is 0 Å². The van der Waals surface area contributed by atoms with Gasteiger partial charge in [-0.1, -0.05) is 33.6 Å². The molecule has 9 heteroatoms. The summed E-state index contributed by atoms with van der Waals surface area (Å²) < 4.78 is 0. The quantitative estimate of drug-likeness (QED) is 0.258. The van der Waals surface area contributed by atoms with E-state index < -0.39 is 24.7 Å². The van der Waals surface area contributed by atoms with Crippen LogP contribution in [0.2, 0.25) is 6.32 Å². The van der Waals surface area contributed by atoms with Gasteiger partial charge in [-0.05, 0) is 37.5 Å². The SMILES string of the molecule is CC(C)(C)C(N)C(=O)N[C@H]1CCN[C@@](CCCCB(O)O)(C(=O)O)C1. The summed E-state index contributed by atoms with van der Waals surface area (Å²) in [7, 11) is -1.37. The monoisotopic (exact) mass is 357 g/mol. The van der Waals surface area contributed by atoms with E-state index >= 15 is 0 Å². The molecule has 0 bridgehead atoms. The number of hydrogen-bond donors (Lipinski definition) is 6. The van der Waals surface area contributed by atoms with Gasteiger partial charge in [0, 0.05) is 6.04 Å². The van der Waals surface area contributed by atoms with Crippen molar-refractivity contribution in [1.29, 1.82) is 0 Å². The molecule has 1 fully saturated rings. The van der Waals surface area contributed by atoms with Crippen LogP contribution in [0.3, 0.4) is 0 Å². The van der Waals surface area contributed by atoms with Crippen LogP contribution in [0.5, 0.6) is 0 Å². The predicted octanol–water partition coefficient (Wildman–Crippen LogP) is -0.305. The van der Waals surface area contributed by atoms with Crippen LogP contribution < -0.4 is 16.4 Å². The first-order valence-corrected chi connectivity index (χ1v) is 8.88. The Morgan fingerprint density at radius 2 is 2.00 bits per heavy atom. The number of nitrogens with two attached hydrogens (primary N) is 1. The fraction of sp³-hybridized carbons (Fsp3) is 0.875. The van der Waals surface area contributed by atoms with Crippen molar-refractivity contribution in [1.82, 2.24) is 10.6 Å². The number of nitrogens with one attached hydrogen (secondary N) is 2. The minimum absolute atomic E-state index is 0.219. The molecule has 25 heavy (non-hydrogen) atoms. The second-order valence-corrected chi connectivity index (χ2v) is 8.08. The van der Waals surface area contributed by atoms with Gasteiger partial charge in [-0.2, -0.15) is 0 Å². The molecule has 144 valence electrons. The average Bonchev–Trinajstić information content (AvgIpc) is 2.50. The van der Waals surface area contributed by atoms with E-state index in [9.17, 15) is 14.7 Å². The molecule has 0 aromatic rings. The van der Waals surface area contributed by atoms with Gasteiger partial charge in [0.25, 0.3) is 0 Å². The Morgan fingerprint density at radius 3 is 2.52 bits per heavy atom. The molecule has 0 aromatic heterocycles. The van der Waals surface area contributed by atoms with Gasteiger partial charge in [-0.25, -0.2) is 0 Å². The normalized spacial score (nSPS) is 25.3. The number of carboxylic acids is 1. The predicted molar refractivity (Wildman–Crippen MR) is 95.8 cm³/mol. The van der Waals surface area contributed by atoms with Crippen molar-refractivity contribution >= 4 is 19.0 Å². The molecule has 1 aliphatic heterocycles. The summed E-state index contributed by atoms with van der Waals surface area (Å²) in [6.07, 6.45) is 2.60. The van der Waals surface area contributed by atoms with Gasteiger partial charge in [-0.15, -0.1) is 0 Å². The fourth-order valence-electron chi connectivity index (χ4n) is 3.10. The number of piperidine rings is 1. The molecule has 3 atom stereocenters. The van der Waals surface area contributed by atoms with Crippen molar-refractivity contribution in [3.05, 3.63) is 0 Å². The smallest absolute Gasteiger partial charge is 0.451 e. The lowest BCUT2D eigenvalue weighted by atomic mass is 9.78. The standard InChI is InChI=1S/C16H32BN3O5/c1-15(2,3)12(18)13(21)20-11-6-9-19-16(10-11,14(22)23)7-4-5-8-17(24)25/h11-12,19,24-25H,4-10,18H2,1-3H3,(H,20,21)(H,22,23)/t11-,12?,16+/m0/s1. The number of amides is 1. The summed E-state index contributed by atoms with van der Waals surface area (Å²) in [4.78, 5) is 24.1. The van der Waals surface area contributed by atoms with E-state index in [1.54, 1.807) is 0 Å². The number of hydrogen-bond acceptors (Lipinski definition) is 6. The van der Waals surface area contributed by atoms with Crippen LogP contribution in [-0.4, -0.2) is 58.3 Å². The molecule has 1 aliphatic rings. The number of carboxylic acid groups (broad SMARTS) is 1. The third kappa shape index (κ3) is 6.58. The number of carbonyl (C=O) groups is 2. The highest BCUT2D eigenvalue weighted by Gasteiger charge is 2.43. The molecule has 0 aliphatic carbocycles. The van der Waals surface area contributed by atoms with Gasteiger partial charge < -0.3 is 31.5 Å². The Morgan fingerprint density at radius 1 is 1.36 bits per heavy atom. The molecule has 8 nitrogen and oxygen atoms in total. The molecule has 1 heterocycles. The molecule has 1 saturated heterocycles. The lowest BCUT2D eigenvalue weighted by Gasteiger charge is -2.40. The molecule has 1 unspecified atom stereocenters. The molecule has 0 aromatic carbocycles. The summed E-state index contributed by atoms with van der Waals surface area (Å²) in [6, 6.07) is -0.908. The van der Waals surface area contributed by atoms with Crippen LogP contribution in [0.1, 0.15) is 52.9 Å². The maximum Gasteiger partial charge on any atom is 0.451 e. The Kier molecular flexibility index (Phi) is 7.86. The average molecular weight is 357 g/mol. The van der Waals surface area contributed by atoms with Gasteiger partial charge in [0.05, 0.1) is 6.04 Å². The molecule has 0 saturated carbocycles. The minimum atomic E-state index is -1.37. The number of unbranched alkanes of at least 4 members (excludes halogenated alkanes) is 1. The Balaban J connectivity index is 2.67. The Hall–Kier alpha value is -1.16. The second-order valence-electron chi connectivity index (χ2n) is 8.08.